The minimum absolute atomic E-state index is 1.08. The van der Waals surface area contributed by atoms with Crippen molar-refractivity contribution in [2.45, 2.75) is 0 Å². The second-order valence-corrected chi connectivity index (χ2v) is 16.9. The molecular weight excluding hydrogens is 797 g/mol. The Morgan fingerprint density at radius 2 is 0.727 bits per heavy atom. The number of rotatable bonds is 9. The van der Waals surface area contributed by atoms with E-state index < -0.39 is 0 Å². The average molecular weight is 841 g/mol. The molecule has 2 nitrogen and oxygen atoms in total. The number of fused-ring (bicyclic) bond motifs is 4. The molecule has 12 rings (SSSR count). The maximum Gasteiger partial charge on any atom is 0.0547 e. The molecule has 0 saturated heterocycles. The van der Waals surface area contributed by atoms with Crippen molar-refractivity contribution in [3.63, 3.8) is 0 Å². The minimum Gasteiger partial charge on any atom is -0.309 e. The van der Waals surface area contributed by atoms with E-state index in [1.807, 2.05) is 0 Å². The van der Waals surface area contributed by atoms with Crippen LogP contribution in [-0.2, 0) is 0 Å². The van der Waals surface area contributed by atoms with Crippen molar-refractivity contribution in [1.82, 2.24) is 4.57 Å². The van der Waals surface area contributed by atoms with Crippen molar-refractivity contribution in [1.29, 1.82) is 0 Å². The molecule has 2 heteroatoms. The maximum absolute atomic E-state index is 2.44. The molecule has 0 spiro atoms. The highest BCUT2D eigenvalue weighted by Crippen LogP contribution is 2.46. The van der Waals surface area contributed by atoms with Crippen LogP contribution in [0.1, 0.15) is 0 Å². The Hall–Kier alpha value is -8.72. The number of hydrogen-bond donors (Lipinski definition) is 0. The van der Waals surface area contributed by atoms with E-state index >= 15 is 0 Å². The van der Waals surface area contributed by atoms with Crippen molar-refractivity contribution >= 4 is 49.6 Å². The van der Waals surface area contributed by atoms with Crippen LogP contribution in [0.5, 0.6) is 0 Å². The molecule has 1 aromatic heterocycles. The first-order valence-corrected chi connectivity index (χ1v) is 22.7. The summed E-state index contributed by atoms with van der Waals surface area (Å²) in [5, 5.41) is 4.89. The fourth-order valence-corrected chi connectivity index (χ4v) is 9.89. The summed E-state index contributed by atoms with van der Waals surface area (Å²) in [5.74, 6) is 0. The molecular formula is C64H44N2. The summed E-state index contributed by atoms with van der Waals surface area (Å²) in [6, 6.07) is 96.9. The Labute approximate surface area is 385 Å². The molecule has 310 valence electrons. The SMILES string of the molecule is c1ccc(-c2cc(-c3ccccc3)cc(-c3ccc(N(c4ccccc4-c4cccc(-c5cccc6c5c5ccccc5n6-c5ccccc5)c4)c4cccc5ccccc45)cc3)c2)cc1. The molecule has 0 saturated carbocycles. The first kappa shape index (κ1) is 38.9. The van der Waals surface area contributed by atoms with E-state index in [1.54, 1.807) is 0 Å². The number of anilines is 3. The fraction of sp³-hybridized carbons (Fsp3) is 0. The Kier molecular flexibility index (Phi) is 9.89. The molecule has 0 unspecified atom stereocenters. The van der Waals surface area contributed by atoms with Gasteiger partial charge in [0.15, 0.2) is 0 Å². The molecule has 0 radical (unpaired) electrons. The molecule has 0 amide bonds. The van der Waals surface area contributed by atoms with E-state index in [9.17, 15) is 0 Å². The number of nitrogens with zero attached hydrogens (tertiary/aromatic N) is 2. The van der Waals surface area contributed by atoms with Gasteiger partial charge in [-0.1, -0.05) is 194 Å². The molecule has 0 aliphatic rings. The van der Waals surface area contributed by atoms with Crippen molar-refractivity contribution in [2.75, 3.05) is 4.90 Å². The topological polar surface area (TPSA) is 8.17 Å². The average Bonchev–Trinajstić information content (AvgIpc) is 3.74. The standard InChI is InChI=1S/C64H44N2/c1-4-19-45(20-5-1)51-42-52(46-21-6-2-7-22-46)44-53(43-51)47-37-39-55(40-38-47)65(61-35-17-24-48-23-10-11-29-56(48)61)60-33-14-12-30-57(60)49-25-16-26-50(41-49)58-32-18-36-63-64(58)59-31-13-15-34-62(59)66(63)54-27-8-3-9-28-54/h1-44H. The fourth-order valence-electron chi connectivity index (χ4n) is 9.89. The van der Waals surface area contributed by atoms with Crippen LogP contribution in [0.2, 0.25) is 0 Å². The minimum atomic E-state index is 1.08. The largest absolute Gasteiger partial charge is 0.309 e. The Bertz CT molecular complexity index is 3620. The molecule has 0 fully saturated rings. The summed E-state index contributed by atoms with van der Waals surface area (Å²) in [6.07, 6.45) is 0. The van der Waals surface area contributed by atoms with E-state index in [0.29, 0.717) is 0 Å². The molecule has 1 heterocycles. The molecule has 0 atom stereocenters. The smallest absolute Gasteiger partial charge is 0.0547 e. The summed E-state index contributed by atoms with van der Waals surface area (Å²) < 4.78 is 2.39. The van der Waals surface area contributed by atoms with Crippen LogP contribution < -0.4 is 4.90 Å². The van der Waals surface area contributed by atoms with Crippen LogP contribution in [0.3, 0.4) is 0 Å². The van der Waals surface area contributed by atoms with Gasteiger partial charge in [0.05, 0.1) is 22.4 Å². The van der Waals surface area contributed by atoms with Gasteiger partial charge in [0.1, 0.15) is 0 Å². The highest BCUT2D eigenvalue weighted by atomic mass is 15.1. The first-order chi connectivity index (χ1) is 32.7. The predicted molar refractivity (Wildman–Crippen MR) is 280 cm³/mol. The number of hydrogen-bond acceptors (Lipinski definition) is 1. The van der Waals surface area contributed by atoms with Crippen LogP contribution >= 0.6 is 0 Å². The molecule has 0 bridgehead atoms. The molecule has 12 aromatic rings. The second kappa shape index (κ2) is 16.8. The molecule has 11 aromatic carbocycles. The zero-order chi connectivity index (χ0) is 43.8. The van der Waals surface area contributed by atoms with Crippen LogP contribution in [0.4, 0.5) is 17.1 Å². The van der Waals surface area contributed by atoms with Gasteiger partial charge in [0, 0.05) is 33.1 Å². The van der Waals surface area contributed by atoms with Gasteiger partial charge in [-0.2, -0.15) is 0 Å². The lowest BCUT2D eigenvalue weighted by Crippen LogP contribution is -2.11. The lowest BCUT2D eigenvalue weighted by atomic mass is 9.93. The number of para-hydroxylation sites is 3. The predicted octanol–water partition coefficient (Wildman–Crippen LogP) is 17.7. The quantitative estimate of drug-likeness (QED) is 0.141. The van der Waals surface area contributed by atoms with Gasteiger partial charge in [-0.15, -0.1) is 0 Å². The van der Waals surface area contributed by atoms with E-state index in [0.717, 1.165) is 39.4 Å². The van der Waals surface area contributed by atoms with Gasteiger partial charge in [-0.25, -0.2) is 0 Å². The zero-order valence-corrected chi connectivity index (χ0v) is 36.3. The summed E-state index contributed by atoms with van der Waals surface area (Å²) in [5.41, 5.74) is 18.7. The van der Waals surface area contributed by atoms with Crippen LogP contribution in [0, 0.1) is 0 Å². The van der Waals surface area contributed by atoms with Gasteiger partial charge in [-0.3, -0.25) is 0 Å². The Balaban J connectivity index is 0.999. The zero-order valence-electron chi connectivity index (χ0n) is 36.3. The lowest BCUT2D eigenvalue weighted by molar-refractivity contribution is 1.18. The third-order valence-corrected chi connectivity index (χ3v) is 13.0. The first-order valence-electron chi connectivity index (χ1n) is 22.7. The summed E-state index contributed by atoms with van der Waals surface area (Å²) in [4.78, 5) is 2.44. The summed E-state index contributed by atoms with van der Waals surface area (Å²) in [7, 11) is 0. The molecule has 0 aliphatic heterocycles. The van der Waals surface area contributed by atoms with E-state index in [4.69, 9.17) is 0 Å². The van der Waals surface area contributed by atoms with Gasteiger partial charge in [0.2, 0.25) is 0 Å². The highest BCUT2D eigenvalue weighted by Gasteiger charge is 2.21. The van der Waals surface area contributed by atoms with Crippen molar-refractivity contribution < 1.29 is 0 Å². The Morgan fingerprint density at radius 1 is 0.273 bits per heavy atom. The Morgan fingerprint density at radius 3 is 1.44 bits per heavy atom. The van der Waals surface area contributed by atoms with Crippen LogP contribution in [0.15, 0.2) is 267 Å². The van der Waals surface area contributed by atoms with Crippen LogP contribution in [-0.4, -0.2) is 4.57 Å². The van der Waals surface area contributed by atoms with Crippen LogP contribution in [0.25, 0.3) is 93.9 Å². The lowest BCUT2D eigenvalue weighted by Gasteiger charge is -2.29. The van der Waals surface area contributed by atoms with Gasteiger partial charge >= 0.3 is 0 Å². The third kappa shape index (κ3) is 7.02. The van der Waals surface area contributed by atoms with Crippen molar-refractivity contribution in [3.8, 4) is 61.3 Å². The summed E-state index contributed by atoms with van der Waals surface area (Å²) >= 11 is 0. The second-order valence-electron chi connectivity index (χ2n) is 16.9. The monoisotopic (exact) mass is 840 g/mol. The molecule has 0 aliphatic carbocycles. The molecule has 0 N–H and O–H groups in total. The van der Waals surface area contributed by atoms with Crippen molar-refractivity contribution in [2.24, 2.45) is 0 Å². The third-order valence-electron chi connectivity index (χ3n) is 13.0. The number of benzene rings is 11. The summed E-state index contributed by atoms with van der Waals surface area (Å²) in [6.45, 7) is 0. The van der Waals surface area contributed by atoms with Gasteiger partial charge in [0.25, 0.3) is 0 Å². The van der Waals surface area contributed by atoms with Crippen molar-refractivity contribution in [3.05, 3.63) is 267 Å². The van der Waals surface area contributed by atoms with E-state index in [-0.39, 0.29) is 0 Å². The van der Waals surface area contributed by atoms with Gasteiger partial charge < -0.3 is 9.47 Å². The van der Waals surface area contributed by atoms with E-state index in [1.165, 1.54) is 71.5 Å². The molecule has 66 heavy (non-hydrogen) atoms. The highest BCUT2D eigenvalue weighted by molar-refractivity contribution is 6.16. The normalized spacial score (nSPS) is 11.3. The number of aromatic nitrogens is 1. The van der Waals surface area contributed by atoms with E-state index in [2.05, 4.69) is 276 Å². The maximum atomic E-state index is 2.44. The van der Waals surface area contributed by atoms with Gasteiger partial charge in [-0.05, 0) is 128 Å².